The number of halogens is 2. The van der Waals surface area contributed by atoms with Crippen molar-refractivity contribution in [2.45, 2.75) is 26.3 Å². The Balaban J connectivity index is 1.62. The van der Waals surface area contributed by atoms with Crippen molar-refractivity contribution in [1.82, 2.24) is 19.5 Å². The Kier molecular flexibility index (Phi) is 6.13. The van der Waals surface area contributed by atoms with E-state index < -0.39 is 0 Å². The third-order valence-electron chi connectivity index (χ3n) is 5.62. The summed E-state index contributed by atoms with van der Waals surface area (Å²) in [6.07, 6.45) is 3.05. The molecule has 0 unspecified atom stereocenters. The molecule has 3 heterocycles. The number of rotatable bonds is 4. The van der Waals surface area contributed by atoms with Gasteiger partial charge in [0.05, 0.1) is 0 Å². The molecule has 1 aromatic carbocycles. The van der Waals surface area contributed by atoms with Crippen LogP contribution in [0, 0.1) is 5.92 Å². The van der Waals surface area contributed by atoms with E-state index in [1.165, 1.54) is 0 Å². The largest absolute Gasteiger partial charge is 0.343 e. The Bertz CT molecular complexity index is 1150. The van der Waals surface area contributed by atoms with Gasteiger partial charge in [-0.3, -0.25) is 19.3 Å². The molecule has 31 heavy (non-hydrogen) atoms. The summed E-state index contributed by atoms with van der Waals surface area (Å²) in [6, 6.07) is 7.09. The van der Waals surface area contributed by atoms with Crippen LogP contribution in [0.1, 0.15) is 25.3 Å². The predicted molar refractivity (Wildman–Crippen MR) is 120 cm³/mol. The number of amides is 2. The lowest BCUT2D eigenvalue weighted by atomic mass is 9.96. The first-order valence-corrected chi connectivity index (χ1v) is 10.7. The first-order valence-electron chi connectivity index (χ1n) is 9.97. The Morgan fingerprint density at radius 1 is 1.16 bits per heavy atom. The summed E-state index contributed by atoms with van der Waals surface area (Å²) in [5.74, 6) is 0.0400. The molecule has 1 aliphatic heterocycles. The van der Waals surface area contributed by atoms with E-state index >= 15 is 0 Å². The van der Waals surface area contributed by atoms with Crippen LogP contribution < -0.4 is 11.1 Å². The topological polar surface area (TPSA) is 106 Å². The Morgan fingerprint density at radius 2 is 1.90 bits per heavy atom. The minimum absolute atomic E-state index is 0.0337. The maximum atomic E-state index is 12.8. The standard InChI is InChI=1S/C21H22Cl2N6O2/c1-12(30)28-6-4-13(5-7-28)20(31)25-21-27-26-19-8-14(10-24)17(11-29(19)21)16-3-2-15(22)9-18(16)23/h2-3,8-9,11,13H,4-7,10,24H2,1H3,(H,25,27,31). The molecule has 162 valence electrons. The lowest BCUT2D eigenvalue weighted by Gasteiger charge is -2.30. The highest BCUT2D eigenvalue weighted by atomic mass is 35.5. The van der Waals surface area contributed by atoms with Crippen molar-refractivity contribution < 1.29 is 9.59 Å². The maximum absolute atomic E-state index is 12.8. The van der Waals surface area contributed by atoms with E-state index in [1.807, 2.05) is 18.3 Å². The van der Waals surface area contributed by atoms with Gasteiger partial charge < -0.3 is 10.6 Å². The number of carbonyl (C=O) groups is 2. The van der Waals surface area contributed by atoms with Gasteiger partial charge >= 0.3 is 0 Å². The van der Waals surface area contributed by atoms with Crippen LogP contribution in [0.5, 0.6) is 0 Å². The van der Waals surface area contributed by atoms with Gasteiger partial charge in [-0.2, -0.15) is 0 Å². The monoisotopic (exact) mass is 460 g/mol. The number of aromatic nitrogens is 3. The number of nitrogens with zero attached hydrogens (tertiary/aromatic N) is 4. The van der Waals surface area contributed by atoms with Gasteiger partial charge in [0.1, 0.15) is 0 Å². The van der Waals surface area contributed by atoms with E-state index in [1.54, 1.807) is 28.4 Å². The molecule has 0 aliphatic carbocycles. The minimum Gasteiger partial charge on any atom is -0.343 e. The Hall–Kier alpha value is -2.68. The smallest absolute Gasteiger partial charge is 0.235 e. The van der Waals surface area contributed by atoms with E-state index in [-0.39, 0.29) is 24.3 Å². The van der Waals surface area contributed by atoms with E-state index in [2.05, 4.69) is 15.5 Å². The zero-order chi connectivity index (χ0) is 22.1. The van der Waals surface area contributed by atoms with Gasteiger partial charge in [0.2, 0.25) is 17.8 Å². The average molecular weight is 461 g/mol. The predicted octanol–water partition coefficient (Wildman–Crippen LogP) is 3.36. The first kappa shape index (κ1) is 21.5. The van der Waals surface area contributed by atoms with Crippen molar-refractivity contribution >= 4 is 46.6 Å². The summed E-state index contributed by atoms with van der Waals surface area (Å²) < 4.78 is 1.71. The molecule has 0 spiro atoms. The van der Waals surface area contributed by atoms with E-state index in [4.69, 9.17) is 28.9 Å². The van der Waals surface area contributed by atoms with Crippen molar-refractivity contribution in [1.29, 1.82) is 0 Å². The number of likely N-dealkylation sites (tertiary alicyclic amines) is 1. The molecule has 1 saturated heterocycles. The zero-order valence-corrected chi connectivity index (χ0v) is 18.5. The highest BCUT2D eigenvalue weighted by Crippen LogP contribution is 2.33. The van der Waals surface area contributed by atoms with Crippen LogP contribution in [0.15, 0.2) is 30.5 Å². The number of anilines is 1. The lowest BCUT2D eigenvalue weighted by Crippen LogP contribution is -2.40. The van der Waals surface area contributed by atoms with Gasteiger partial charge in [-0.1, -0.05) is 29.3 Å². The first-order chi connectivity index (χ1) is 14.9. The zero-order valence-electron chi connectivity index (χ0n) is 16.9. The molecule has 0 bridgehead atoms. The molecule has 3 N–H and O–H groups in total. The average Bonchev–Trinajstić information content (AvgIpc) is 3.14. The SMILES string of the molecule is CC(=O)N1CCC(C(=O)Nc2nnc3cc(CN)c(-c4ccc(Cl)cc4Cl)cn23)CC1. The quantitative estimate of drug-likeness (QED) is 0.620. The van der Waals surface area contributed by atoms with E-state index in [9.17, 15) is 9.59 Å². The molecule has 4 rings (SSSR count). The van der Waals surface area contributed by atoms with Crippen LogP contribution in [0.4, 0.5) is 5.95 Å². The van der Waals surface area contributed by atoms with Crippen molar-refractivity contribution in [3.8, 4) is 11.1 Å². The fourth-order valence-corrected chi connectivity index (χ4v) is 4.36. The third kappa shape index (κ3) is 4.37. The number of benzene rings is 1. The Morgan fingerprint density at radius 3 is 2.55 bits per heavy atom. The van der Waals surface area contributed by atoms with Crippen LogP contribution >= 0.6 is 23.2 Å². The summed E-state index contributed by atoms with van der Waals surface area (Å²) in [7, 11) is 0. The van der Waals surface area contributed by atoms with Gasteiger partial charge in [-0.05, 0) is 36.6 Å². The summed E-state index contributed by atoms with van der Waals surface area (Å²) in [6.45, 7) is 2.98. The molecule has 1 fully saturated rings. The minimum atomic E-state index is -0.184. The molecule has 0 saturated carbocycles. The number of carbonyl (C=O) groups excluding carboxylic acids is 2. The Labute approximate surface area is 189 Å². The highest BCUT2D eigenvalue weighted by Gasteiger charge is 2.27. The van der Waals surface area contributed by atoms with Crippen LogP contribution in [-0.2, 0) is 16.1 Å². The molecule has 0 atom stereocenters. The normalized spacial score (nSPS) is 14.8. The molecule has 2 amide bonds. The number of pyridine rings is 1. The number of nitrogens with two attached hydrogens (primary N) is 1. The van der Waals surface area contributed by atoms with Crippen LogP contribution in [0.2, 0.25) is 10.0 Å². The highest BCUT2D eigenvalue weighted by molar-refractivity contribution is 6.36. The molecule has 10 heteroatoms. The summed E-state index contributed by atoms with van der Waals surface area (Å²) in [5, 5.41) is 12.2. The van der Waals surface area contributed by atoms with Gasteiger partial charge in [0.25, 0.3) is 0 Å². The van der Waals surface area contributed by atoms with Gasteiger partial charge in [-0.15, -0.1) is 10.2 Å². The molecule has 2 aromatic heterocycles. The molecule has 1 aliphatic rings. The number of fused-ring (bicyclic) bond motifs is 1. The fourth-order valence-electron chi connectivity index (χ4n) is 3.85. The van der Waals surface area contributed by atoms with Crippen LogP contribution in [-0.4, -0.2) is 44.4 Å². The van der Waals surface area contributed by atoms with E-state index in [0.717, 1.165) is 16.7 Å². The van der Waals surface area contributed by atoms with Crippen LogP contribution in [0.25, 0.3) is 16.8 Å². The van der Waals surface area contributed by atoms with Gasteiger partial charge in [0, 0.05) is 59.8 Å². The molecule has 0 radical (unpaired) electrons. The van der Waals surface area contributed by atoms with Crippen molar-refractivity contribution in [3.63, 3.8) is 0 Å². The van der Waals surface area contributed by atoms with Gasteiger partial charge in [0.15, 0.2) is 5.65 Å². The van der Waals surface area contributed by atoms with Crippen molar-refractivity contribution in [2.24, 2.45) is 11.7 Å². The van der Waals surface area contributed by atoms with Crippen LogP contribution in [0.3, 0.4) is 0 Å². The summed E-state index contributed by atoms with van der Waals surface area (Å²) in [4.78, 5) is 26.1. The second kappa shape index (κ2) is 8.82. The number of nitrogens with one attached hydrogen (secondary N) is 1. The number of piperidine rings is 1. The molecule has 3 aromatic rings. The summed E-state index contributed by atoms with van der Waals surface area (Å²) >= 11 is 12.4. The second-order valence-electron chi connectivity index (χ2n) is 7.56. The molecular formula is C21H22Cl2N6O2. The third-order valence-corrected chi connectivity index (χ3v) is 6.16. The van der Waals surface area contributed by atoms with Gasteiger partial charge in [-0.25, -0.2) is 0 Å². The lowest BCUT2D eigenvalue weighted by molar-refractivity contribution is -0.132. The van der Waals surface area contributed by atoms with E-state index in [0.29, 0.717) is 47.6 Å². The fraction of sp³-hybridized carbons (Fsp3) is 0.333. The van der Waals surface area contributed by atoms with Crippen molar-refractivity contribution in [3.05, 3.63) is 46.1 Å². The maximum Gasteiger partial charge on any atom is 0.235 e. The molecule has 8 nitrogen and oxygen atoms in total. The number of hydrogen-bond donors (Lipinski definition) is 2. The second-order valence-corrected chi connectivity index (χ2v) is 8.41. The van der Waals surface area contributed by atoms with Crippen molar-refractivity contribution in [2.75, 3.05) is 18.4 Å². The summed E-state index contributed by atoms with van der Waals surface area (Å²) in [5.41, 5.74) is 8.95. The number of hydrogen-bond acceptors (Lipinski definition) is 5. The molecular weight excluding hydrogens is 439 g/mol.